The second-order valence-electron chi connectivity index (χ2n) is 6.87. The van der Waals surface area contributed by atoms with Gasteiger partial charge >= 0.3 is 5.69 Å². The van der Waals surface area contributed by atoms with Crippen LogP contribution in [0.4, 0.5) is 0 Å². The predicted octanol–water partition coefficient (Wildman–Crippen LogP) is 1.99. The first-order chi connectivity index (χ1) is 11.5. The van der Waals surface area contributed by atoms with Crippen LogP contribution in [0.1, 0.15) is 50.5 Å². The number of fused-ring (bicyclic) bond motifs is 1. The van der Waals surface area contributed by atoms with E-state index in [4.69, 9.17) is 0 Å². The topological polar surface area (TPSA) is 98.0 Å². The molecule has 1 saturated carbocycles. The Labute approximate surface area is 140 Å². The number of benzene rings is 1. The summed E-state index contributed by atoms with van der Waals surface area (Å²) in [6, 6.07) is 5.78. The largest absolute Gasteiger partial charge is 0.388 e. The van der Waals surface area contributed by atoms with Gasteiger partial charge in [-0.1, -0.05) is 25.3 Å². The number of imidazole rings is 1. The van der Waals surface area contributed by atoms with Gasteiger partial charge in [0, 0.05) is 13.0 Å². The Morgan fingerprint density at radius 1 is 1.17 bits per heavy atom. The molecule has 1 heterocycles. The minimum atomic E-state index is -0.709. The lowest BCUT2D eigenvalue weighted by atomic mass is 9.85. The SMILES string of the molecule is O=C(CCCc1ccc2[nH]c(=O)[nH]c2c1)NCC1(O)CCCCC1. The molecule has 1 amide bonds. The van der Waals surface area contributed by atoms with Crippen molar-refractivity contribution in [3.8, 4) is 0 Å². The van der Waals surface area contributed by atoms with Crippen molar-refractivity contribution in [1.29, 1.82) is 0 Å². The van der Waals surface area contributed by atoms with Crippen LogP contribution in [-0.2, 0) is 11.2 Å². The van der Waals surface area contributed by atoms with E-state index >= 15 is 0 Å². The quantitative estimate of drug-likeness (QED) is 0.651. The Kier molecular flexibility index (Phi) is 5.04. The second-order valence-corrected chi connectivity index (χ2v) is 6.87. The molecule has 4 N–H and O–H groups in total. The van der Waals surface area contributed by atoms with Gasteiger partial charge in [0.05, 0.1) is 16.6 Å². The van der Waals surface area contributed by atoms with E-state index in [0.717, 1.165) is 55.1 Å². The maximum Gasteiger partial charge on any atom is 0.323 e. The van der Waals surface area contributed by atoms with Crippen LogP contribution < -0.4 is 11.0 Å². The zero-order valence-electron chi connectivity index (χ0n) is 13.9. The predicted molar refractivity (Wildman–Crippen MR) is 92.9 cm³/mol. The Balaban J connectivity index is 1.43. The summed E-state index contributed by atoms with van der Waals surface area (Å²) in [5.74, 6) is -0.00914. The van der Waals surface area contributed by atoms with Gasteiger partial charge in [-0.25, -0.2) is 4.79 Å². The Bertz CT molecular complexity index is 756. The first-order valence-corrected chi connectivity index (χ1v) is 8.74. The molecule has 0 bridgehead atoms. The standard InChI is InChI=1S/C18H25N3O3/c22-16(19-12-18(24)9-2-1-3-10-18)6-4-5-13-7-8-14-15(11-13)21-17(23)20-14/h7-8,11,24H,1-6,9-10,12H2,(H,19,22)(H2,20,21,23). The summed E-state index contributed by atoms with van der Waals surface area (Å²) in [6.07, 6.45) is 6.77. The molecule has 130 valence electrons. The van der Waals surface area contributed by atoms with Gasteiger partial charge in [0.2, 0.25) is 5.91 Å². The summed E-state index contributed by atoms with van der Waals surface area (Å²) in [7, 11) is 0. The normalized spacial score (nSPS) is 17.0. The van der Waals surface area contributed by atoms with Gasteiger partial charge < -0.3 is 20.4 Å². The molecular formula is C18H25N3O3. The monoisotopic (exact) mass is 331 g/mol. The van der Waals surface area contributed by atoms with Crippen LogP contribution in [0.25, 0.3) is 11.0 Å². The third-order valence-corrected chi connectivity index (χ3v) is 4.85. The minimum absolute atomic E-state index is 0.00914. The Morgan fingerprint density at radius 2 is 1.92 bits per heavy atom. The van der Waals surface area contributed by atoms with Crippen molar-refractivity contribution in [3.05, 3.63) is 34.2 Å². The van der Waals surface area contributed by atoms with Crippen molar-refractivity contribution in [2.24, 2.45) is 0 Å². The van der Waals surface area contributed by atoms with E-state index in [9.17, 15) is 14.7 Å². The first-order valence-electron chi connectivity index (χ1n) is 8.74. The highest BCUT2D eigenvalue weighted by atomic mass is 16.3. The number of aromatic amines is 2. The number of aryl methyl sites for hydroxylation is 1. The molecule has 1 aromatic heterocycles. The number of hydrogen-bond donors (Lipinski definition) is 4. The molecule has 3 rings (SSSR count). The van der Waals surface area contributed by atoms with E-state index in [2.05, 4.69) is 15.3 Å². The van der Waals surface area contributed by atoms with Crippen LogP contribution in [0, 0.1) is 0 Å². The summed E-state index contributed by atoms with van der Waals surface area (Å²) >= 11 is 0. The van der Waals surface area contributed by atoms with Crippen LogP contribution in [-0.4, -0.2) is 33.1 Å². The highest BCUT2D eigenvalue weighted by Gasteiger charge is 2.29. The molecule has 0 atom stereocenters. The highest BCUT2D eigenvalue weighted by Crippen LogP contribution is 2.27. The molecular weight excluding hydrogens is 306 g/mol. The van der Waals surface area contributed by atoms with E-state index in [1.165, 1.54) is 6.42 Å². The molecule has 6 nitrogen and oxygen atoms in total. The number of rotatable bonds is 6. The zero-order chi connectivity index (χ0) is 17.0. The Hall–Kier alpha value is -2.08. The van der Waals surface area contributed by atoms with Gasteiger partial charge in [-0.15, -0.1) is 0 Å². The number of aromatic nitrogens is 2. The maximum absolute atomic E-state index is 12.0. The average molecular weight is 331 g/mol. The summed E-state index contributed by atoms with van der Waals surface area (Å²) < 4.78 is 0. The maximum atomic E-state index is 12.0. The van der Waals surface area contributed by atoms with Crippen molar-refractivity contribution in [1.82, 2.24) is 15.3 Å². The molecule has 2 aromatic rings. The van der Waals surface area contributed by atoms with Crippen LogP contribution in [0.2, 0.25) is 0 Å². The van der Waals surface area contributed by atoms with Crippen molar-refractivity contribution >= 4 is 16.9 Å². The van der Waals surface area contributed by atoms with Gasteiger partial charge in [0.25, 0.3) is 0 Å². The number of amides is 1. The molecule has 0 aliphatic heterocycles. The molecule has 24 heavy (non-hydrogen) atoms. The summed E-state index contributed by atoms with van der Waals surface area (Å²) in [5.41, 5.74) is 1.77. The molecule has 6 heteroatoms. The van der Waals surface area contributed by atoms with Crippen molar-refractivity contribution < 1.29 is 9.90 Å². The van der Waals surface area contributed by atoms with Gasteiger partial charge in [-0.3, -0.25) is 4.79 Å². The minimum Gasteiger partial charge on any atom is -0.388 e. The molecule has 1 aliphatic carbocycles. The van der Waals surface area contributed by atoms with Crippen LogP contribution in [0.5, 0.6) is 0 Å². The average Bonchev–Trinajstić information content (AvgIpc) is 2.93. The van der Waals surface area contributed by atoms with E-state index < -0.39 is 5.60 Å². The lowest BCUT2D eigenvalue weighted by Crippen LogP contribution is -2.44. The van der Waals surface area contributed by atoms with Gasteiger partial charge in [-0.05, 0) is 43.4 Å². The number of carbonyl (C=O) groups is 1. The fraction of sp³-hybridized carbons (Fsp3) is 0.556. The third kappa shape index (κ3) is 4.26. The fourth-order valence-corrected chi connectivity index (χ4v) is 3.43. The molecule has 0 spiro atoms. The summed E-state index contributed by atoms with van der Waals surface area (Å²) in [6.45, 7) is 0.363. The fourth-order valence-electron chi connectivity index (χ4n) is 3.43. The molecule has 1 aromatic carbocycles. The number of nitrogens with one attached hydrogen (secondary N) is 3. The zero-order valence-corrected chi connectivity index (χ0v) is 13.9. The Morgan fingerprint density at radius 3 is 2.71 bits per heavy atom. The summed E-state index contributed by atoms with van der Waals surface area (Å²) in [5, 5.41) is 13.3. The smallest absolute Gasteiger partial charge is 0.323 e. The van der Waals surface area contributed by atoms with Crippen molar-refractivity contribution in [2.75, 3.05) is 6.54 Å². The lowest BCUT2D eigenvalue weighted by Gasteiger charge is -2.32. The highest BCUT2D eigenvalue weighted by molar-refractivity contribution is 5.76. The van der Waals surface area contributed by atoms with Crippen LogP contribution >= 0.6 is 0 Å². The van der Waals surface area contributed by atoms with E-state index in [-0.39, 0.29) is 11.6 Å². The molecule has 0 radical (unpaired) electrons. The van der Waals surface area contributed by atoms with Gasteiger partial charge in [0.15, 0.2) is 0 Å². The van der Waals surface area contributed by atoms with E-state index in [1.807, 2.05) is 18.2 Å². The van der Waals surface area contributed by atoms with Crippen LogP contribution in [0.15, 0.2) is 23.0 Å². The number of carbonyl (C=O) groups excluding carboxylic acids is 1. The molecule has 1 aliphatic rings. The van der Waals surface area contributed by atoms with E-state index in [1.54, 1.807) is 0 Å². The van der Waals surface area contributed by atoms with Gasteiger partial charge in [-0.2, -0.15) is 0 Å². The first kappa shape index (κ1) is 16.8. The molecule has 0 unspecified atom stereocenters. The molecule has 1 fully saturated rings. The van der Waals surface area contributed by atoms with Crippen molar-refractivity contribution in [2.45, 2.75) is 57.0 Å². The number of H-pyrrole nitrogens is 2. The second kappa shape index (κ2) is 7.21. The number of hydrogen-bond acceptors (Lipinski definition) is 3. The summed E-state index contributed by atoms with van der Waals surface area (Å²) in [4.78, 5) is 28.7. The molecule has 0 saturated heterocycles. The third-order valence-electron chi connectivity index (χ3n) is 4.85. The lowest BCUT2D eigenvalue weighted by molar-refractivity contribution is -0.122. The van der Waals surface area contributed by atoms with Crippen molar-refractivity contribution in [3.63, 3.8) is 0 Å². The van der Waals surface area contributed by atoms with Gasteiger partial charge in [0.1, 0.15) is 0 Å². The number of aliphatic hydroxyl groups is 1. The van der Waals surface area contributed by atoms with E-state index in [0.29, 0.717) is 13.0 Å². The van der Waals surface area contributed by atoms with Crippen LogP contribution in [0.3, 0.4) is 0 Å².